The first-order valence-electron chi connectivity index (χ1n) is 11.6. The van der Waals surface area contributed by atoms with Crippen molar-refractivity contribution in [3.63, 3.8) is 0 Å². The van der Waals surface area contributed by atoms with Gasteiger partial charge in [0.1, 0.15) is 41.1 Å². The van der Waals surface area contributed by atoms with Crippen molar-refractivity contribution in [1.29, 1.82) is 0 Å². The summed E-state index contributed by atoms with van der Waals surface area (Å²) in [4.78, 5) is 26.2. The molecule has 1 N–H and O–H groups in total. The van der Waals surface area contributed by atoms with Crippen molar-refractivity contribution in [2.24, 2.45) is 0 Å². The third-order valence-corrected chi connectivity index (χ3v) is 6.77. The first-order valence-corrected chi connectivity index (χ1v) is 11.6. The topological polar surface area (TPSA) is 104 Å². The van der Waals surface area contributed by atoms with E-state index >= 15 is 0 Å². The number of hydrogen-bond donors (Lipinski definition) is 1. The highest BCUT2D eigenvalue weighted by molar-refractivity contribution is 5.94. The van der Waals surface area contributed by atoms with Crippen LogP contribution in [0.3, 0.4) is 0 Å². The molecule has 0 bridgehead atoms. The molecule has 2 aliphatic heterocycles. The summed E-state index contributed by atoms with van der Waals surface area (Å²) in [5.74, 6) is 0.647. The molecule has 0 unspecified atom stereocenters. The third kappa shape index (κ3) is 3.69. The summed E-state index contributed by atoms with van der Waals surface area (Å²) in [6.07, 6.45) is 3.38. The lowest BCUT2D eigenvalue weighted by Gasteiger charge is -2.29. The number of rotatable bonds is 4. The van der Waals surface area contributed by atoms with Gasteiger partial charge in [0, 0.05) is 23.1 Å². The van der Waals surface area contributed by atoms with Crippen LogP contribution in [-0.2, 0) is 4.79 Å². The van der Waals surface area contributed by atoms with Gasteiger partial charge < -0.3 is 28.5 Å². The normalized spacial score (nSPS) is 16.2. The predicted molar refractivity (Wildman–Crippen MR) is 136 cm³/mol. The van der Waals surface area contributed by atoms with E-state index in [0.29, 0.717) is 22.6 Å². The van der Waals surface area contributed by atoms with Crippen molar-refractivity contribution < 1.29 is 33.3 Å². The molecule has 8 heteroatoms. The standard InChI is InChI=1S/C29H22O8/c1-33-22-8-7-15(10-23(22)34-2)19-14-36-29-26-18(17-9-16-5-3-4-6-21(16)35-13-17)11-25(31)37-24(26)12-20(30)27(29)28(19)32/h3-10,12,14,18,30H,11,13H2,1-2H3/t18-/m1/s1. The van der Waals surface area contributed by atoms with E-state index in [1.54, 1.807) is 18.2 Å². The summed E-state index contributed by atoms with van der Waals surface area (Å²) >= 11 is 0. The van der Waals surface area contributed by atoms with Gasteiger partial charge in [-0.15, -0.1) is 0 Å². The molecule has 0 radical (unpaired) electrons. The molecule has 0 spiro atoms. The molecule has 0 aliphatic carbocycles. The van der Waals surface area contributed by atoms with Crippen molar-refractivity contribution in [2.75, 3.05) is 20.8 Å². The van der Waals surface area contributed by atoms with Gasteiger partial charge in [-0.2, -0.15) is 0 Å². The van der Waals surface area contributed by atoms with Crippen LogP contribution >= 0.6 is 0 Å². The summed E-state index contributed by atoms with van der Waals surface area (Å²) in [6, 6.07) is 14.0. The van der Waals surface area contributed by atoms with Crippen LogP contribution in [0.1, 0.15) is 23.5 Å². The lowest BCUT2D eigenvalue weighted by atomic mass is 9.83. The van der Waals surface area contributed by atoms with Crippen LogP contribution < -0.4 is 24.4 Å². The molecule has 3 aromatic carbocycles. The lowest BCUT2D eigenvalue weighted by Crippen LogP contribution is -2.25. The van der Waals surface area contributed by atoms with E-state index in [1.165, 1.54) is 26.5 Å². The maximum Gasteiger partial charge on any atom is 0.312 e. The molecule has 0 amide bonds. The Kier molecular flexibility index (Phi) is 5.37. The SMILES string of the molecule is COc1ccc(-c2coc3c4c(cc(O)c3c2=O)OC(=O)C[C@@H]4C2=Cc3ccccc3OC2)cc1OC. The van der Waals surface area contributed by atoms with Gasteiger partial charge in [-0.25, -0.2) is 0 Å². The van der Waals surface area contributed by atoms with E-state index in [0.717, 1.165) is 16.9 Å². The zero-order valence-electron chi connectivity index (χ0n) is 20.1. The molecule has 37 heavy (non-hydrogen) atoms. The Morgan fingerprint density at radius 2 is 1.78 bits per heavy atom. The predicted octanol–water partition coefficient (Wildman–Crippen LogP) is 5.05. The first-order chi connectivity index (χ1) is 18.0. The van der Waals surface area contributed by atoms with Gasteiger partial charge in [-0.1, -0.05) is 24.3 Å². The van der Waals surface area contributed by atoms with E-state index in [4.69, 9.17) is 23.4 Å². The van der Waals surface area contributed by atoms with E-state index in [2.05, 4.69) is 0 Å². The zero-order valence-corrected chi connectivity index (χ0v) is 20.1. The van der Waals surface area contributed by atoms with Crippen LogP contribution in [0, 0.1) is 0 Å². The fourth-order valence-corrected chi connectivity index (χ4v) is 4.99. The van der Waals surface area contributed by atoms with Gasteiger partial charge in [0.15, 0.2) is 11.5 Å². The highest BCUT2D eigenvalue weighted by atomic mass is 16.5. The van der Waals surface area contributed by atoms with Gasteiger partial charge in [-0.05, 0) is 35.4 Å². The molecule has 0 fully saturated rings. The van der Waals surface area contributed by atoms with E-state index in [9.17, 15) is 14.7 Å². The second-order valence-corrected chi connectivity index (χ2v) is 8.84. The highest BCUT2D eigenvalue weighted by Crippen LogP contribution is 2.47. The molecule has 186 valence electrons. The molecule has 1 aromatic heterocycles. The van der Waals surface area contributed by atoms with Crippen molar-refractivity contribution in [3.8, 4) is 39.9 Å². The Labute approximate surface area is 211 Å². The number of hydrogen-bond acceptors (Lipinski definition) is 8. The molecule has 6 rings (SSSR count). The lowest BCUT2D eigenvalue weighted by molar-refractivity contribution is -0.135. The second-order valence-electron chi connectivity index (χ2n) is 8.84. The van der Waals surface area contributed by atoms with E-state index in [1.807, 2.05) is 30.3 Å². The fourth-order valence-electron chi connectivity index (χ4n) is 4.99. The Morgan fingerprint density at radius 1 is 0.973 bits per heavy atom. The summed E-state index contributed by atoms with van der Waals surface area (Å²) < 4.78 is 28.1. The van der Waals surface area contributed by atoms with Crippen LogP contribution in [0.4, 0.5) is 0 Å². The Morgan fingerprint density at radius 3 is 2.59 bits per heavy atom. The van der Waals surface area contributed by atoms with E-state index in [-0.39, 0.29) is 41.1 Å². The number of fused-ring (bicyclic) bond motifs is 4. The number of phenolic OH excluding ortho intramolecular Hbond substituents is 1. The number of phenols is 1. The average molecular weight is 498 g/mol. The molecule has 8 nitrogen and oxygen atoms in total. The van der Waals surface area contributed by atoms with Gasteiger partial charge in [0.2, 0.25) is 5.43 Å². The summed E-state index contributed by atoms with van der Waals surface area (Å²) in [6.45, 7) is 0.269. The number of carbonyl (C=O) groups excluding carboxylic acids is 1. The summed E-state index contributed by atoms with van der Waals surface area (Å²) in [5, 5.41) is 10.8. The number of aromatic hydroxyl groups is 1. The minimum absolute atomic E-state index is 0.00621. The molecular formula is C29H22O8. The minimum atomic E-state index is -0.456. The number of carbonyl (C=O) groups is 1. The van der Waals surface area contributed by atoms with Gasteiger partial charge in [-0.3, -0.25) is 9.59 Å². The smallest absolute Gasteiger partial charge is 0.312 e. The monoisotopic (exact) mass is 498 g/mol. The Balaban J connectivity index is 1.54. The van der Waals surface area contributed by atoms with Crippen LogP contribution in [0.25, 0.3) is 28.2 Å². The van der Waals surface area contributed by atoms with Crippen LogP contribution in [-0.4, -0.2) is 31.9 Å². The maximum absolute atomic E-state index is 13.7. The number of para-hydroxylation sites is 1. The third-order valence-electron chi connectivity index (χ3n) is 6.77. The van der Waals surface area contributed by atoms with Crippen molar-refractivity contribution in [3.05, 3.63) is 81.7 Å². The molecule has 1 atom stereocenters. The Hall–Kier alpha value is -4.72. The van der Waals surface area contributed by atoms with E-state index < -0.39 is 17.3 Å². The van der Waals surface area contributed by atoms with Crippen molar-refractivity contribution >= 4 is 23.0 Å². The van der Waals surface area contributed by atoms with Gasteiger partial charge >= 0.3 is 5.97 Å². The largest absolute Gasteiger partial charge is 0.507 e. The molecular weight excluding hydrogens is 476 g/mol. The zero-order chi connectivity index (χ0) is 25.7. The quantitative estimate of drug-likeness (QED) is 0.308. The molecule has 0 saturated carbocycles. The minimum Gasteiger partial charge on any atom is -0.507 e. The number of ether oxygens (including phenoxy) is 4. The fraction of sp³-hybridized carbons (Fsp3) is 0.172. The second kappa shape index (κ2) is 8.74. The number of methoxy groups -OCH3 is 2. The molecule has 2 aliphatic rings. The van der Waals surface area contributed by atoms with Crippen LogP contribution in [0.15, 0.2) is 69.6 Å². The Bertz CT molecular complexity index is 1660. The average Bonchev–Trinajstić information content (AvgIpc) is 2.91. The van der Waals surface area contributed by atoms with Crippen LogP contribution in [0.2, 0.25) is 0 Å². The number of benzene rings is 3. The summed E-state index contributed by atoms with van der Waals surface area (Å²) in [5.41, 5.74) is 2.78. The van der Waals surface area contributed by atoms with Crippen molar-refractivity contribution in [2.45, 2.75) is 12.3 Å². The molecule has 3 heterocycles. The highest BCUT2D eigenvalue weighted by Gasteiger charge is 2.35. The number of esters is 1. The van der Waals surface area contributed by atoms with Crippen LogP contribution in [0.5, 0.6) is 28.7 Å². The van der Waals surface area contributed by atoms with Gasteiger partial charge in [0.25, 0.3) is 0 Å². The summed E-state index contributed by atoms with van der Waals surface area (Å²) in [7, 11) is 3.03. The maximum atomic E-state index is 13.7. The van der Waals surface area contributed by atoms with Crippen molar-refractivity contribution in [1.82, 2.24) is 0 Å². The molecule has 4 aromatic rings. The molecule has 0 saturated heterocycles. The first kappa shape index (κ1) is 22.7. The van der Waals surface area contributed by atoms with Gasteiger partial charge in [0.05, 0.1) is 26.2 Å².